The third kappa shape index (κ3) is 8.64. The summed E-state index contributed by atoms with van der Waals surface area (Å²) in [6, 6.07) is 15.5. The second-order valence-electron chi connectivity index (χ2n) is 6.18. The van der Waals surface area contributed by atoms with E-state index in [0.29, 0.717) is 38.1 Å². The highest BCUT2D eigenvalue weighted by atomic mass is 16.7. The van der Waals surface area contributed by atoms with Gasteiger partial charge in [-0.2, -0.15) is 0 Å². The number of carbonyl (C=O) groups excluding carboxylic acids is 3. The number of carbonyl (C=O) groups is 3. The molecule has 0 aromatic heterocycles. The van der Waals surface area contributed by atoms with E-state index in [2.05, 4.69) is 15.4 Å². The zero-order valence-electron chi connectivity index (χ0n) is 16.9. The average molecular weight is 414 g/mol. The molecule has 2 aromatic rings. The SMILES string of the molecule is CCOC(=O)Oc1ccc(C(=O)NCCNC(=O)CCCOc2ccccc2)cc1. The summed E-state index contributed by atoms with van der Waals surface area (Å²) in [5.41, 5.74) is 0.413. The summed E-state index contributed by atoms with van der Waals surface area (Å²) in [6.45, 7) is 2.99. The number of amides is 2. The Morgan fingerprint density at radius 3 is 2.27 bits per heavy atom. The van der Waals surface area contributed by atoms with Gasteiger partial charge in [0.1, 0.15) is 11.5 Å². The van der Waals surface area contributed by atoms with Crippen molar-refractivity contribution in [3.8, 4) is 11.5 Å². The molecule has 2 amide bonds. The van der Waals surface area contributed by atoms with Crippen molar-refractivity contribution in [3.05, 3.63) is 60.2 Å². The normalized spacial score (nSPS) is 10.0. The molecule has 0 aliphatic carbocycles. The van der Waals surface area contributed by atoms with Gasteiger partial charge in [0.05, 0.1) is 13.2 Å². The van der Waals surface area contributed by atoms with Gasteiger partial charge >= 0.3 is 6.16 Å². The summed E-state index contributed by atoms with van der Waals surface area (Å²) >= 11 is 0. The molecule has 8 nitrogen and oxygen atoms in total. The van der Waals surface area contributed by atoms with Crippen LogP contribution in [0.1, 0.15) is 30.1 Å². The molecule has 30 heavy (non-hydrogen) atoms. The molecule has 0 radical (unpaired) electrons. The summed E-state index contributed by atoms with van der Waals surface area (Å²) in [5, 5.41) is 5.46. The van der Waals surface area contributed by atoms with Crippen molar-refractivity contribution in [3.63, 3.8) is 0 Å². The quantitative estimate of drug-likeness (QED) is 0.333. The first-order chi connectivity index (χ1) is 14.6. The van der Waals surface area contributed by atoms with E-state index in [0.717, 1.165) is 5.75 Å². The Morgan fingerprint density at radius 1 is 0.867 bits per heavy atom. The Morgan fingerprint density at radius 2 is 1.57 bits per heavy atom. The van der Waals surface area contributed by atoms with Crippen molar-refractivity contribution in [1.82, 2.24) is 10.6 Å². The molecule has 2 aromatic carbocycles. The molecule has 2 rings (SSSR count). The highest BCUT2D eigenvalue weighted by molar-refractivity contribution is 5.94. The average Bonchev–Trinajstić information content (AvgIpc) is 2.75. The second kappa shape index (κ2) is 12.8. The highest BCUT2D eigenvalue weighted by Gasteiger charge is 2.08. The van der Waals surface area contributed by atoms with Gasteiger partial charge in [-0.15, -0.1) is 0 Å². The fourth-order valence-corrected chi connectivity index (χ4v) is 2.43. The lowest BCUT2D eigenvalue weighted by Gasteiger charge is -2.09. The van der Waals surface area contributed by atoms with E-state index in [-0.39, 0.29) is 24.2 Å². The van der Waals surface area contributed by atoms with Crippen LogP contribution in [-0.2, 0) is 9.53 Å². The van der Waals surface area contributed by atoms with Crippen molar-refractivity contribution in [2.45, 2.75) is 19.8 Å². The molecule has 8 heteroatoms. The van der Waals surface area contributed by atoms with Crippen LogP contribution in [0.4, 0.5) is 4.79 Å². The van der Waals surface area contributed by atoms with E-state index in [9.17, 15) is 14.4 Å². The molecule has 160 valence electrons. The van der Waals surface area contributed by atoms with E-state index < -0.39 is 6.16 Å². The van der Waals surface area contributed by atoms with Crippen LogP contribution in [0.5, 0.6) is 11.5 Å². The van der Waals surface area contributed by atoms with E-state index in [1.165, 1.54) is 24.3 Å². The molecule has 0 unspecified atom stereocenters. The Kier molecular flexibility index (Phi) is 9.72. The maximum Gasteiger partial charge on any atom is 0.513 e. The van der Waals surface area contributed by atoms with Crippen molar-refractivity contribution < 1.29 is 28.6 Å². The summed E-state index contributed by atoms with van der Waals surface area (Å²) in [4.78, 5) is 35.2. The second-order valence-corrected chi connectivity index (χ2v) is 6.18. The first kappa shape index (κ1) is 22.7. The van der Waals surface area contributed by atoms with Gasteiger partial charge in [0.15, 0.2) is 0 Å². The number of rotatable bonds is 11. The van der Waals surface area contributed by atoms with Crippen LogP contribution in [-0.4, -0.2) is 44.3 Å². The van der Waals surface area contributed by atoms with Gasteiger partial charge in [-0.3, -0.25) is 9.59 Å². The first-order valence-corrected chi connectivity index (χ1v) is 9.76. The highest BCUT2D eigenvalue weighted by Crippen LogP contribution is 2.13. The molecule has 0 atom stereocenters. The third-order valence-corrected chi connectivity index (χ3v) is 3.87. The van der Waals surface area contributed by atoms with Crippen LogP contribution < -0.4 is 20.1 Å². The molecular formula is C22H26N2O6. The largest absolute Gasteiger partial charge is 0.513 e. The smallest absolute Gasteiger partial charge is 0.494 e. The van der Waals surface area contributed by atoms with Crippen molar-refractivity contribution in [2.24, 2.45) is 0 Å². The zero-order chi connectivity index (χ0) is 21.6. The van der Waals surface area contributed by atoms with Crippen molar-refractivity contribution in [1.29, 1.82) is 0 Å². The maximum absolute atomic E-state index is 12.1. The monoisotopic (exact) mass is 414 g/mol. The molecular weight excluding hydrogens is 388 g/mol. The number of nitrogens with one attached hydrogen (secondary N) is 2. The topological polar surface area (TPSA) is 103 Å². The lowest BCUT2D eigenvalue weighted by Crippen LogP contribution is -2.34. The molecule has 0 spiro atoms. The fourth-order valence-electron chi connectivity index (χ4n) is 2.43. The number of para-hydroxylation sites is 1. The lowest BCUT2D eigenvalue weighted by molar-refractivity contribution is -0.121. The fraction of sp³-hybridized carbons (Fsp3) is 0.318. The Bertz CT molecular complexity index is 808. The standard InChI is InChI=1S/C22H26N2O6/c1-2-28-22(27)30-19-12-10-17(11-13-19)21(26)24-15-14-23-20(25)9-6-16-29-18-7-4-3-5-8-18/h3-5,7-8,10-13H,2,6,9,14-16H2,1H3,(H,23,25)(H,24,26). The van der Waals surface area contributed by atoms with Crippen LogP contribution in [0.2, 0.25) is 0 Å². The zero-order valence-corrected chi connectivity index (χ0v) is 16.9. The van der Waals surface area contributed by atoms with Gasteiger partial charge in [-0.25, -0.2) is 4.79 Å². The van der Waals surface area contributed by atoms with Gasteiger partial charge in [-0.1, -0.05) is 18.2 Å². The van der Waals surface area contributed by atoms with Gasteiger partial charge in [0.25, 0.3) is 5.91 Å². The van der Waals surface area contributed by atoms with Gasteiger partial charge in [0, 0.05) is 25.1 Å². The Hall–Kier alpha value is -3.55. The van der Waals surface area contributed by atoms with Crippen LogP contribution in [0.25, 0.3) is 0 Å². The number of benzene rings is 2. The number of ether oxygens (including phenoxy) is 3. The van der Waals surface area contributed by atoms with E-state index in [1.54, 1.807) is 6.92 Å². The van der Waals surface area contributed by atoms with E-state index in [4.69, 9.17) is 9.47 Å². The molecule has 0 aliphatic heterocycles. The van der Waals surface area contributed by atoms with E-state index in [1.807, 2.05) is 30.3 Å². The minimum Gasteiger partial charge on any atom is -0.494 e. The summed E-state index contributed by atoms with van der Waals surface area (Å²) in [7, 11) is 0. The van der Waals surface area contributed by atoms with Crippen LogP contribution >= 0.6 is 0 Å². The van der Waals surface area contributed by atoms with Crippen molar-refractivity contribution in [2.75, 3.05) is 26.3 Å². The Balaban J connectivity index is 1.57. The first-order valence-electron chi connectivity index (χ1n) is 9.76. The molecule has 0 bridgehead atoms. The lowest BCUT2D eigenvalue weighted by atomic mass is 10.2. The van der Waals surface area contributed by atoms with Gasteiger partial charge < -0.3 is 24.8 Å². The predicted molar refractivity (Wildman–Crippen MR) is 111 cm³/mol. The molecule has 0 aliphatic rings. The molecule has 0 fully saturated rings. The maximum atomic E-state index is 12.1. The third-order valence-electron chi connectivity index (χ3n) is 3.87. The summed E-state index contributed by atoms with van der Waals surface area (Å²) < 4.78 is 15.1. The molecule has 0 saturated heterocycles. The van der Waals surface area contributed by atoms with Crippen LogP contribution in [0.3, 0.4) is 0 Å². The van der Waals surface area contributed by atoms with Crippen LogP contribution in [0, 0.1) is 0 Å². The molecule has 2 N–H and O–H groups in total. The van der Waals surface area contributed by atoms with Gasteiger partial charge in [0.2, 0.25) is 5.91 Å². The van der Waals surface area contributed by atoms with Gasteiger partial charge in [-0.05, 0) is 49.7 Å². The van der Waals surface area contributed by atoms with Crippen molar-refractivity contribution >= 4 is 18.0 Å². The predicted octanol–water partition coefficient (Wildman–Crippen LogP) is 2.93. The van der Waals surface area contributed by atoms with Crippen LogP contribution in [0.15, 0.2) is 54.6 Å². The summed E-state index contributed by atoms with van der Waals surface area (Å²) in [6.07, 6.45) is 0.160. The number of hydrogen-bond donors (Lipinski definition) is 2. The van der Waals surface area contributed by atoms with E-state index >= 15 is 0 Å². The Labute approximate surface area is 175 Å². The number of hydrogen-bond acceptors (Lipinski definition) is 6. The molecule has 0 heterocycles. The minimum absolute atomic E-state index is 0.0959. The summed E-state index contributed by atoms with van der Waals surface area (Å²) in [5.74, 6) is 0.680. The molecule has 0 saturated carbocycles. The minimum atomic E-state index is -0.794.